The Hall–Kier alpha value is -2.18. The summed E-state index contributed by atoms with van der Waals surface area (Å²) in [5.74, 6) is -0.107. The molecule has 6 heteroatoms. The fraction of sp³-hybridized carbons (Fsp3) is 0.458. The Labute approximate surface area is 180 Å². The second-order valence-electron chi connectivity index (χ2n) is 8.30. The highest BCUT2D eigenvalue weighted by Crippen LogP contribution is 2.24. The molecule has 1 atom stereocenters. The number of carbonyl (C=O) groups is 1. The molecule has 3 rings (SSSR count). The SMILES string of the molecule is CC[C@H](NC(=O)C1CCN(S(=O)(=O)Cc2cccc(C)c2)CC1)c1ccc(C)cc1. The molecule has 162 valence electrons. The van der Waals surface area contributed by atoms with E-state index in [1.165, 1.54) is 9.87 Å². The van der Waals surface area contributed by atoms with Crippen LogP contribution in [0.15, 0.2) is 48.5 Å². The van der Waals surface area contributed by atoms with Crippen LogP contribution in [0.3, 0.4) is 0 Å². The van der Waals surface area contributed by atoms with E-state index in [9.17, 15) is 13.2 Å². The fourth-order valence-electron chi connectivity index (χ4n) is 4.01. The zero-order valence-electron chi connectivity index (χ0n) is 18.1. The molecular formula is C24H32N2O3S. The van der Waals surface area contributed by atoms with Crippen LogP contribution < -0.4 is 5.32 Å². The summed E-state index contributed by atoms with van der Waals surface area (Å²) in [7, 11) is -3.38. The maximum Gasteiger partial charge on any atom is 0.223 e. The van der Waals surface area contributed by atoms with Gasteiger partial charge >= 0.3 is 0 Å². The molecule has 2 aromatic rings. The minimum atomic E-state index is -3.38. The van der Waals surface area contributed by atoms with E-state index in [-0.39, 0.29) is 23.6 Å². The van der Waals surface area contributed by atoms with Gasteiger partial charge in [0.15, 0.2) is 0 Å². The summed E-state index contributed by atoms with van der Waals surface area (Å²) in [4.78, 5) is 12.8. The highest BCUT2D eigenvalue weighted by Gasteiger charge is 2.31. The van der Waals surface area contributed by atoms with Crippen LogP contribution in [0.25, 0.3) is 0 Å². The second kappa shape index (κ2) is 9.75. The number of aryl methyl sites for hydroxylation is 2. The first-order valence-electron chi connectivity index (χ1n) is 10.7. The second-order valence-corrected chi connectivity index (χ2v) is 10.3. The molecular weight excluding hydrogens is 396 g/mol. The van der Waals surface area contributed by atoms with Crippen molar-refractivity contribution in [3.8, 4) is 0 Å². The number of carbonyl (C=O) groups excluding carboxylic acids is 1. The number of hydrogen-bond acceptors (Lipinski definition) is 3. The lowest BCUT2D eigenvalue weighted by atomic mass is 9.95. The van der Waals surface area contributed by atoms with Crippen molar-refractivity contribution in [2.45, 2.75) is 51.8 Å². The molecule has 1 heterocycles. The minimum absolute atomic E-state index is 0.0108. The number of benzene rings is 2. The minimum Gasteiger partial charge on any atom is -0.349 e. The van der Waals surface area contributed by atoms with Crippen molar-refractivity contribution >= 4 is 15.9 Å². The van der Waals surface area contributed by atoms with Gasteiger partial charge in [-0.2, -0.15) is 0 Å². The van der Waals surface area contributed by atoms with E-state index >= 15 is 0 Å². The predicted molar refractivity (Wildman–Crippen MR) is 120 cm³/mol. The predicted octanol–water partition coefficient (Wildman–Crippen LogP) is 4.11. The number of sulfonamides is 1. The Balaban J connectivity index is 1.56. The van der Waals surface area contributed by atoms with Gasteiger partial charge in [-0.05, 0) is 44.2 Å². The Morgan fingerprint density at radius 3 is 2.33 bits per heavy atom. The van der Waals surface area contributed by atoms with E-state index in [2.05, 4.69) is 36.5 Å². The summed E-state index contributed by atoms with van der Waals surface area (Å²) in [6.07, 6.45) is 1.94. The van der Waals surface area contributed by atoms with Crippen LogP contribution in [0.5, 0.6) is 0 Å². The molecule has 0 bridgehead atoms. The van der Waals surface area contributed by atoms with E-state index in [0.717, 1.165) is 23.1 Å². The highest BCUT2D eigenvalue weighted by atomic mass is 32.2. The van der Waals surface area contributed by atoms with E-state index < -0.39 is 10.0 Å². The number of piperidine rings is 1. The molecule has 0 aromatic heterocycles. The summed E-state index contributed by atoms with van der Waals surface area (Å²) in [5, 5.41) is 3.16. The topological polar surface area (TPSA) is 66.5 Å². The quantitative estimate of drug-likeness (QED) is 0.722. The van der Waals surface area contributed by atoms with Gasteiger partial charge in [0.25, 0.3) is 0 Å². The number of rotatable bonds is 7. The fourth-order valence-corrected chi connectivity index (χ4v) is 5.56. The van der Waals surface area contributed by atoms with Gasteiger partial charge < -0.3 is 5.32 Å². The summed E-state index contributed by atoms with van der Waals surface area (Å²) in [6, 6.07) is 15.8. The number of amides is 1. The summed E-state index contributed by atoms with van der Waals surface area (Å²) < 4.78 is 27.1. The third-order valence-electron chi connectivity index (χ3n) is 5.85. The number of hydrogen-bond donors (Lipinski definition) is 1. The van der Waals surface area contributed by atoms with Gasteiger partial charge in [0.2, 0.25) is 15.9 Å². The van der Waals surface area contributed by atoms with Crippen molar-refractivity contribution in [3.05, 3.63) is 70.8 Å². The molecule has 1 aliphatic rings. The van der Waals surface area contributed by atoms with E-state index in [4.69, 9.17) is 0 Å². The van der Waals surface area contributed by atoms with E-state index in [0.29, 0.717) is 25.9 Å². The van der Waals surface area contributed by atoms with Gasteiger partial charge in [-0.15, -0.1) is 0 Å². The van der Waals surface area contributed by atoms with E-state index in [1.807, 2.05) is 38.1 Å². The molecule has 0 spiro atoms. The maximum absolute atomic E-state index is 12.8. The molecule has 1 fully saturated rings. The first-order valence-corrected chi connectivity index (χ1v) is 12.3. The van der Waals surface area contributed by atoms with Crippen molar-refractivity contribution in [2.24, 2.45) is 5.92 Å². The average Bonchev–Trinajstić information content (AvgIpc) is 2.72. The van der Waals surface area contributed by atoms with Gasteiger partial charge in [-0.1, -0.05) is 66.6 Å². The third kappa shape index (κ3) is 5.70. The Bertz CT molecular complexity index is 962. The molecule has 0 saturated carbocycles. The highest BCUT2D eigenvalue weighted by molar-refractivity contribution is 7.88. The molecule has 0 aliphatic carbocycles. The lowest BCUT2D eigenvalue weighted by Crippen LogP contribution is -2.44. The maximum atomic E-state index is 12.8. The van der Waals surface area contributed by atoms with Crippen LogP contribution >= 0.6 is 0 Å². The lowest BCUT2D eigenvalue weighted by molar-refractivity contribution is -0.126. The van der Waals surface area contributed by atoms with Crippen molar-refractivity contribution < 1.29 is 13.2 Å². The van der Waals surface area contributed by atoms with Gasteiger partial charge in [-0.3, -0.25) is 4.79 Å². The molecule has 30 heavy (non-hydrogen) atoms. The van der Waals surface area contributed by atoms with Crippen LogP contribution in [-0.4, -0.2) is 31.7 Å². The number of nitrogens with one attached hydrogen (secondary N) is 1. The van der Waals surface area contributed by atoms with Crippen molar-refractivity contribution in [1.82, 2.24) is 9.62 Å². The lowest BCUT2D eigenvalue weighted by Gasteiger charge is -2.31. The summed E-state index contributed by atoms with van der Waals surface area (Å²) in [6.45, 7) is 6.86. The number of nitrogens with zero attached hydrogens (tertiary/aromatic N) is 1. The van der Waals surface area contributed by atoms with Crippen LogP contribution in [0.1, 0.15) is 54.5 Å². The molecule has 0 radical (unpaired) electrons. The van der Waals surface area contributed by atoms with Gasteiger partial charge in [0, 0.05) is 19.0 Å². The van der Waals surface area contributed by atoms with Crippen LogP contribution in [0.4, 0.5) is 0 Å². The average molecular weight is 429 g/mol. The van der Waals surface area contributed by atoms with Crippen molar-refractivity contribution in [1.29, 1.82) is 0 Å². The monoisotopic (exact) mass is 428 g/mol. The third-order valence-corrected chi connectivity index (χ3v) is 7.70. The molecule has 5 nitrogen and oxygen atoms in total. The van der Waals surface area contributed by atoms with Crippen molar-refractivity contribution in [2.75, 3.05) is 13.1 Å². The smallest absolute Gasteiger partial charge is 0.223 e. The standard InChI is InChI=1S/C24H32N2O3S/c1-4-23(21-10-8-18(2)9-11-21)25-24(27)22-12-14-26(15-13-22)30(28,29)17-20-7-5-6-19(3)16-20/h5-11,16,22-23H,4,12-15,17H2,1-3H3,(H,25,27)/t23-/m0/s1. The van der Waals surface area contributed by atoms with Crippen LogP contribution in [0.2, 0.25) is 0 Å². The molecule has 1 saturated heterocycles. The normalized spacial score (nSPS) is 16.9. The van der Waals surface area contributed by atoms with Gasteiger partial charge in [0.05, 0.1) is 11.8 Å². The Morgan fingerprint density at radius 2 is 1.73 bits per heavy atom. The molecule has 0 unspecified atom stereocenters. The Kier molecular flexibility index (Phi) is 7.32. The molecule has 2 aromatic carbocycles. The first-order chi connectivity index (χ1) is 14.3. The van der Waals surface area contributed by atoms with Crippen molar-refractivity contribution in [3.63, 3.8) is 0 Å². The molecule has 1 amide bonds. The largest absolute Gasteiger partial charge is 0.349 e. The van der Waals surface area contributed by atoms with Gasteiger partial charge in [0.1, 0.15) is 0 Å². The summed E-state index contributed by atoms with van der Waals surface area (Å²) in [5.41, 5.74) is 4.16. The zero-order valence-corrected chi connectivity index (χ0v) is 18.9. The zero-order chi connectivity index (χ0) is 21.7. The van der Waals surface area contributed by atoms with Crippen LogP contribution in [-0.2, 0) is 20.6 Å². The Morgan fingerprint density at radius 1 is 1.07 bits per heavy atom. The molecule has 1 aliphatic heterocycles. The molecule has 1 N–H and O–H groups in total. The first kappa shape index (κ1) is 22.5. The van der Waals surface area contributed by atoms with E-state index in [1.54, 1.807) is 0 Å². The van der Waals surface area contributed by atoms with Gasteiger partial charge in [-0.25, -0.2) is 12.7 Å². The summed E-state index contributed by atoms with van der Waals surface area (Å²) >= 11 is 0. The van der Waals surface area contributed by atoms with Crippen LogP contribution in [0, 0.1) is 19.8 Å².